The van der Waals surface area contributed by atoms with Crippen molar-refractivity contribution in [1.29, 1.82) is 0 Å². The van der Waals surface area contributed by atoms with E-state index >= 15 is 0 Å². The third-order valence-corrected chi connectivity index (χ3v) is 5.06. The van der Waals surface area contributed by atoms with E-state index in [-0.39, 0.29) is 23.6 Å². The molecular weight excluding hydrogens is 326 g/mol. The molecule has 0 radical (unpaired) electrons. The van der Waals surface area contributed by atoms with Crippen LogP contribution in [0.1, 0.15) is 30.9 Å². The Morgan fingerprint density at radius 2 is 1.88 bits per heavy atom. The second kappa shape index (κ2) is 6.94. The highest BCUT2D eigenvalue weighted by Crippen LogP contribution is 2.33. The van der Waals surface area contributed by atoms with Gasteiger partial charge in [-0.05, 0) is 37.1 Å². The van der Waals surface area contributed by atoms with Gasteiger partial charge in [0.05, 0.1) is 11.6 Å². The highest BCUT2D eigenvalue weighted by Gasteiger charge is 2.32. The maximum atomic E-state index is 12.0. The Labute approximate surface area is 152 Å². The van der Waals surface area contributed by atoms with Crippen LogP contribution in [0.4, 0.5) is 5.69 Å². The highest BCUT2D eigenvalue weighted by atomic mass is 16.7. The molecule has 134 valence electrons. The second-order valence-corrected chi connectivity index (χ2v) is 6.95. The van der Waals surface area contributed by atoms with E-state index in [0.29, 0.717) is 6.54 Å². The molecule has 3 aromatic rings. The fraction of sp³-hybridized carbons (Fsp3) is 0.286. The predicted octanol–water partition coefficient (Wildman–Crippen LogP) is 3.54. The van der Waals surface area contributed by atoms with Crippen molar-refractivity contribution in [2.75, 3.05) is 5.32 Å². The van der Waals surface area contributed by atoms with Crippen molar-refractivity contribution >= 4 is 16.6 Å². The molecule has 3 atom stereocenters. The third kappa shape index (κ3) is 3.23. The first-order valence-corrected chi connectivity index (χ1v) is 8.98. The maximum absolute atomic E-state index is 12.0. The van der Waals surface area contributed by atoms with E-state index in [0.717, 1.165) is 16.6 Å². The van der Waals surface area contributed by atoms with Crippen LogP contribution in [0.5, 0.6) is 0 Å². The fourth-order valence-corrected chi connectivity index (χ4v) is 3.75. The van der Waals surface area contributed by atoms with Crippen LogP contribution < -0.4 is 16.4 Å². The zero-order valence-corrected chi connectivity index (χ0v) is 15.0. The Hall–Kier alpha value is -2.63. The van der Waals surface area contributed by atoms with Gasteiger partial charge >= 0.3 is 0 Å². The van der Waals surface area contributed by atoms with E-state index in [1.165, 1.54) is 11.1 Å². The lowest BCUT2D eigenvalue weighted by molar-refractivity contribution is 0.0354. The molecule has 2 heterocycles. The van der Waals surface area contributed by atoms with E-state index in [1.807, 2.05) is 24.3 Å². The van der Waals surface area contributed by atoms with E-state index in [1.54, 1.807) is 6.07 Å². The normalized spacial score (nSPS) is 22.6. The van der Waals surface area contributed by atoms with E-state index in [2.05, 4.69) is 53.9 Å². The van der Waals surface area contributed by atoms with Gasteiger partial charge in [0.25, 0.3) is 0 Å². The smallest absolute Gasteiger partial charge is 0.250 e. The number of aromatic amines is 1. The Kier molecular flexibility index (Phi) is 4.49. The quantitative estimate of drug-likeness (QED) is 0.674. The summed E-state index contributed by atoms with van der Waals surface area (Å²) in [5.74, 6) is 0.272. The lowest BCUT2D eigenvalue weighted by Crippen LogP contribution is -2.22. The van der Waals surface area contributed by atoms with Crippen molar-refractivity contribution in [3.8, 4) is 0 Å². The monoisotopic (exact) mass is 349 g/mol. The lowest BCUT2D eigenvalue weighted by Gasteiger charge is -2.18. The van der Waals surface area contributed by atoms with Crippen molar-refractivity contribution in [3.05, 3.63) is 76.1 Å². The van der Waals surface area contributed by atoms with Gasteiger partial charge in [-0.3, -0.25) is 9.63 Å². The molecule has 3 unspecified atom stereocenters. The van der Waals surface area contributed by atoms with Crippen LogP contribution in [0, 0.1) is 0 Å². The van der Waals surface area contributed by atoms with Crippen LogP contribution in [0.15, 0.2) is 59.4 Å². The first-order valence-electron chi connectivity index (χ1n) is 8.98. The van der Waals surface area contributed by atoms with Crippen molar-refractivity contribution in [2.45, 2.75) is 38.5 Å². The van der Waals surface area contributed by atoms with Crippen LogP contribution in [-0.2, 0) is 11.4 Å². The Morgan fingerprint density at radius 3 is 2.62 bits per heavy atom. The van der Waals surface area contributed by atoms with Crippen LogP contribution in [0.3, 0.4) is 0 Å². The standard InChI is InChI=1S/C21H23N3O2/c1-13-21(14(2)26-24-13)16-8-9-18-17(10-16)19(11-20(25)23-18)22-12-15-6-4-3-5-7-15/h3-11,13-14,21,24H,12H2,1-2H3,(H2,22,23,25). The summed E-state index contributed by atoms with van der Waals surface area (Å²) in [5, 5.41) is 4.44. The van der Waals surface area contributed by atoms with E-state index in [9.17, 15) is 4.79 Å². The van der Waals surface area contributed by atoms with Gasteiger partial charge in [0.15, 0.2) is 0 Å². The number of benzene rings is 2. The van der Waals surface area contributed by atoms with Crippen LogP contribution in [0.2, 0.25) is 0 Å². The average Bonchev–Trinajstić information content (AvgIpc) is 2.98. The number of anilines is 1. The van der Waals surface area contributed by atoms with Crippen molar-refractivity contribution < 1.29 is 4.84 Å². The summed E-state index contributed by atoms with van der Waals surface area (Å²) in [6.07, 6.45) is 0.103. The largest absolute Gasteiger partial charge is 0.380 e. The second-order valence-electron chi connectivity index (χ2n) is 6.95. The average molecular weight is 349 g/mol. The van der Waals surface area contributed by atoms with Gasteiger partial charge in [0.2, 0.25) is 5.56 Å². The number of hydroxylamine groups is 1. The van der Waals surface area contributed by atoms with E-state index < -0.39 is 0 Å². The number of rotatable bonds is 4. The summed E-state index contributed by atoms with van der Waals surface area (Å²) in [6, 6.07) is 18.3. The fourth-order valence-electron chi connectivity index (χ4n) is 3.75. The number of hydrogen-bond acceptors (Lipinski definition) is 4. The Morgan fingerprint density at radius 1 is 1.08 bits per heavy atom. The van der Waals surface area contributed by atoms with Gasteiger partial charge in [-0.2, -0.15) is 5.48 Å². The zero-order chi connectivity index (χ0) is 18.1. The van der Waals surface area contributed by atoms with Gasteiger partial charge in [-0.15, -0.1) is 0 Å². The van der Waals surface area contributed by atoms with Crippen molar-refractivity contribution in [3.63, 3.8) is 0 Å². The molecule has 5 nitrogen and oxygen atoms in total. The number of H-pyrrole nitrogens is 1. The minimum absolute atomic E-state index is 0.103. The molecule has 1 aromatic heterocycles. The number of aromatic nitrogens is 1. The maximum Gasteiger partial charge on any atom is 0.250 e. The lowest BCUT2D eigenvalue weighted by atomic mass is 9.88. The molecule has 0 amide bonds. The summed E-state index contributed by atoms with van der Waals surface area (Å²) in [5.41, 5.74) is 7.02. The first kappa shape index (κ1) is 16.8. The molecule has 1 aliphatic rings. The van der Waals surface area contributed by atoms with Gasteiger partial charge in [0.1, 0.15) is 0 Å². The molecule has 1 saturated heterocycles. The van der Waals surface area contributed by atoms with E-state index in [4.69, 9.17) is 4.84 Å². The molecule has 1 fully saturated rings. The number of fused-ring (bicyclic) bond motifs is 1. The topological polar surface area (TPSA) is 66.1 Å². The zero-order valence-electron chi connectivity index (χ0n) is 15.0. The van der Waals surface area contributed by atoms with Crippen LogP contribution in [0.25, 0.3) is 10.9 Å². The van der Waals surface area contributed by atoms with Gasteiger partial charge in [-0.25, -0.2) is 0 Å². The predicted molar refractivity (Wildman–Crippen MR) is 104 cm³/mol. The summed E-state index contributed by atoms with van der Waals surface area (Å²) in [4.78, 5) is 20.5. The Balaban J connectivity index is 1.71. The van der Waals surface area contributed by atoms with Gasteiger partial charge in [0, 0.05) is 35.6 Å². The van der Waals surface area contributed by atoms with Gasteiger partial charge < -0.3 is 10.3 Å². The highest BCUT2D eigenvalue weighted by molar-refractivity contribution is 5.91. The molecule has 3 N–H and O–H groups in total. The summed E-state index contributed by atoms with van der Waals surface area (Å²) in [7, 11) is 0. The number of nitrogens with one attached hydrogen (secondary N) is 3. The molecule has 26 heavy (non-hydrogen) atoms. The molecule has 4 rings (SSSR count). The summed E-state index contributed by atoms with van der Waals surface area (Å²) >= 11 is 0. The van der Waals surface area contributed by atoms with Crippen LogP contribution in [-0.4, -0.2) is 17.1 Å². The molecule has 0 saturated carbocycles. The number of hydrogen-bond donors (Lipinski definition) is 3. The molecule has 0 spiro atoms. The SMILES string of the molecule is CC1NOC(C)C1c1ccc2[nH]c(=O)cc(NCc3ccccc3)c2c1. The molecule has 0 aliphatic carbocycles. The molecule has 5 heteroatoms. The first-order chi connectivity index (χ1) is 12.6. The minimum atomic E-state index is -0.103. The Bertz CT molecular complexity index is 958. The van der Waals surface area contributed by atoms with Gasteiger partial charge in [-0.1, -0.05) is 36.4 Å². The molecule has 0 bridgehead atoms. The number of pyridine rings is 1. The molecular formula is C21H23N3O2. The van der Waals surface area contributed by atoms with Crippen LogP contribution >= 0.6 is 0 Å². The summed E-state index contributed by atoms with van der Waals surface area (Å²) in [6.45, 7) is 4.87. The summed E-state index contributed by atoms with van der Waals surface area (Å²) < 4.78 is 0. The molecule has 1 aliphatic heterocycles. The van der Waals surface area contributed by atoms with Crippen molar-refractivity contribution in [1.82, 2.24) is 10.5 Å². The molecule has 2 aromatic carbocycles. The minimum Gasteiger partial charge on any atom is -0.380 e. The third-order valence-electron chi connectivity index (χ3n) is 5.06. The van der Waals surface area contributed by atoms with Crippen molar-refractivity contribution in [2.24, 2.45) is 0 Å².